The van der Waals surface area contributed by atoms with Gasteiger partial charge < -0.3 is 14.7 Å². The summed E-state index contributed by atoms with van der Waals surface area (Å²) in [4.78, 5) is 25.5. The van der Waals surface area contributed by atoms with Gasteiger partial charge in [0.2, 0.25) is 5.91 Å². The molecule has 1 heterocycles. The van der Waals surface area contributed by atoms with Crippen LogP contribution < -0.4 is 0 Å². The van der Waals surface area contributed by atoms with Gasteiger partial charge in [-0.1, -0.05) is 60.7 Å². The maximum atomic E-state index is 12.8. The zero-order valence-electron chi connectivity index (χ0n) is 13.9. The minimum atomic E-state index is -1.03. The number of benzene rings is 2. The van der Waals surface area contributed by atoms with Crippen molar-refractivity contribution in [3.8, 4) is 0 Å². The average Bonchev–Trinajstić information content (AvgIpc) is 2.67. The van der Waals surface area contributed by atoms with E-state index in [1.54, 1.807) is 4.90 Å². The van der Waals surface area contributed by atoms with Gasteiger partial charge in [0.1, 0.15) is 0 Å². The third kappa shape index (κ3) is 4.25. The van der Waals surface area contributed by atoms with Crippen LogP contribution in [-0.2, 0) is 14.3 Å². The number of ether oxygens (including phenoxy) is 1. The summed E-state index contributed by atoms with van der Waals surface area (Å²) in [6.45, 7) is 0.785. The van der Waals surface area contributed by atoms with Crippen LogP contribution in [0.15, 0.2) is 60.7 Å². The van der Waals surface area contributed by atoms with Gasteiger partial charge in [-0.25, -0.2) is 4.79 Å². The summed E-state index contributed by atoms with van der Waals surface area (Å²) in [6, 6.07) is 19.8. The lowest BCUT2D eigenvalue weighted by molar-refractivity contribution is -0.159. The summed E-state index contributed by atoms with van der Waals surface area (Å²) >= 11 is 0. The van der Waals surface area contributed by atoms with Crippen LogP contribution in [0.3, 0.4) is 0 Å². The van der Waals surface area contributed by atoms with E-state index in [0.717, 1.165) is 11.1 Å². The highest BCUT2D eigenvalue weighted by molar-refractivity contribution is 5.80. The van der Waals surface area contributed by atoms with Crippen LogP contribution in [-0.4, -0.2) is 47.7 Å². The average molecular weight is 339 g/mol. The molecule has 1 amide bonds. The molecule has 25 heavy (non-hydrogen) atoms. The highest BCUT2D eigenvalue weighted by Crippen LogP contribution is 2.28. The van der Waals surface area contributed by atoms with E-state index in [1.165, 1.54) is 0 Å². The molecule has 130 valence electrons. The Labute approximate surface area is 146 Å². The lowest BCUT2D eigenvalue weighted by Gasteiger charge is -2.32. The molecule has 0 spiro atoms. The lowest BCUT2D eigenvalue weighted by atomic mass is 9.88. The molecular formula is C20H21NO4. The molecule has 1 fully saturated rings. The zero-order chi connectivity index (χ0) is 17.6. The Morgan fingerprint density at radius 2 is 1.60 bits per heavy atom. The third-order valence-electron chi connectivity index (χ3n) is 4.48. The summed E-state index contributed by atoms with van der Waals surface area (Å²) in [5, 5.41) is 9.11. The number of aliphatic carboxylic acids is 1. The standard InChI is InChI=1S/C20H21NO4/c22-19(21-11-12-25-18(14-21)20(23)24)13-17(15-7-3-1-4-8-15)16-9-5-2-6-10-16/h1-10,17-18H,11-14H2,(H,23,24)/t18-/m0/s1. The van der Waals surface area contributed by atoms with Gasteiger partial charge in [-0.2, -0.15) is 0 Å². The lowest BCUT2D eigenvalue weighted by Crippen LogP contribution is -2.48. The number of carboxylic acid groups (broad SMARTS) is 1. The van der Waals surface area contributed by atoms with Crippen molar-refractivity contribution in [1.29, 1.82) is 0 Å². The van der Waals surface area contributed by atoms with E-state index in [0.29, 0.717) is 13.0 Å². The fraction of sp³-hybridized carbons (Fsp3) is 0.300. The summed E-state index contributed by atoms with van der Waals surface area (Å²) in [5.41, 5.74) is 2.15. The monoisotopic (exact) mass is 339 g/mol. The molecule has 5 heteroatoms. The Morgan fingerprint density at radius 1 is 1.04 bits per heavy atom. The molecule has 0 bridgehead atoms. The summed E-state index contributed by atoms with van der Waals surface area (Å²) in [5.74, 6) is -1.13. The Kier molecular flexibility index (Phi) is 5.46. The van der Waals surface area contributed by atoms with Crippen molar-refractivity contribution in [2.24, 2.45) is 0 Å². The van der Waals surface area contributed by atoms with Crippen LogP contribution in [0.5, 0.6) is 0 Å². The van der Waals surface area contributed by atoms with Crippen molar-refractivity contribution in [2.45, 2.75) is 18.4 Å². The molecule has 1 aliphatic rings. The number of hydrogen-bond donors (Lipinski definition) is 1. The van der Waals surface area contributed by atoms with Crippen LogP contribution in [0.2, 0.25) is 0 Å². The normalized spacial score (nSPS) is 17.5. The van der Waals surface area contributed by atoms with Crippen LogP contribution in [0.4, 0.5) is 0 Å². The molecule has 3 rings (SSSR count). The van der Waals surface area contributed by atoms with Crippen molar-refractivity contribution in [3.05, 3.63) is 71.8 Å². The minimum Gasteiger partial charge on any atom is -0.479 e. The fourth-order valence-corrected chi connectivity index (χ4v) is 3.13. The van der Waals surface area contributed by atoms with Gasteiger partial charge in [-0.3, -0.25) is 4.79 Å². The van der Waals surface area contributed by atoms with Gasteiger partial charge in [0.05, 0.1) is 13.2 Å². The molecule has 2 aromatic rings. The van der Waals surface area contributed by atoms with E-state index in [9.17, 15) is 9.59 Å². The Balaban J connectivity index is 1.78. The molecule has 0 aromatic heterocycles. The van der Waals surface area contributed by atoms with Gasteiger partial charge in [0, 0.05) is 18.9 Å². The van der Waals surface area contributed by atoms with Crippen LogP contribution in [0, 0.1) is 0 Å². The predicted molar refractivity (Wildman–Crippen MR) is 93.3 cm³/mol. The molecule has 1 atom stereocenters. The Bertz CT molecular complexity index is 677. The summed E-state index contributed by atoms with van der Waals surface area (Å²) < 4.78 is 5.20. The maximum absolute atomic E-state index is 12.8. The first-order valence-electron chi connectivity index (χ1n) is 8.37. The molecule has 2 aromatic carbocycles. The number of amides is 1. The predicted octanol–water partition coefficient (Wildman–Crippen LogP) is 2.52. The van der Waals surface area contributed by atoms with Crippen molar-refractivity contribution in [3.63, 3.8) is 0 Å². The second-order valence-electron chi connectivity index (χ2n) is 6.12. The van der Waals surface area contributed by atoms with Crippen molar-refractivity contribution >= 4 is 11.9 Å². The number of carboxylic acids is 1. The van der Waals surface area contributed by atoms with Crippen LogP contribution in [0.25, 0.3) is 0 Å². The largest absolute Gasteiger partial charge is 0.479 e. The number of morpholine rings is 1. The van der Waals surface area contributed by atoms with E-state index >= 15 is 0 Å². The molecule has 1 aliphatic heterocycles. The molecule has 0 radical (unpaired) electrons. The summed E-state index contributed by atoms with van der Waals surface area (Å²) in [7, 11) is 0. The number of rotatable bonds is 5. The van der Waals surface area contributed by atoms with Crippen LogP contribution in [0.1, 0.15) is 23.5 Å². The first-order valence-corrected chi connectivity index (χ1v) is 8.37. The second-order valence-corrected chi connectivity index (χ2v) is 6.12. The van der Waals surface area contributed by atoms with E-state index < -0.39 is 12.1 Å². The third-order valence-corrected chi connectivity index (χ3v) is 4.48. The van der Waals surface area contributed by atoms with Crippen LogP contribution >= 0.6 is 0 Å². The number of carbonyl (C=O) groups is 2. The Morgan fingerprint density at radius 3 is 2.12 bits per heavy atom. The minimum absolute atomic E-state index is 0.0488. The number of nitrogens with zero attached hydrogens (tertiary/aromatic N) is 1. The van der Waals surface area contributed by atoms with Crippen molar-refractivity contribution in [1.82, 2.24) is 4.90 Å². The van der Waals surface area contributed by atoms with Crippen molar-refractivity contribution < 1.29 is 19.4 Å². The molecule has 5 nitrogen and oxygen atoms in total. The molecule has 1 N–H and O–H groups in total. The smallest absolute Gasteiger partial charge is 0.334 e. The molecule has 0 unspecified atom stereocenters. The first-order chi connectivity index (χ1) is 12.1. The van der Waals surface area contributed by atoms with E-state index in [4.69, 9.17) is 9.84 Å². The van der Waals surface area contributed by atoms with E-state index in [2.05, 4.69) is 0 Å². The highest BCUT2D eigenvalue weighted by Gasteiger charge is 2.30. The fourth-order valence-electron chi connectivity index (χ4n) is 3.13. The molecular weight excluding hydrogens is 318 g/mol. The number of hydrogen-bond acceptors (Lipinski definition) is 3. The SMILES string of the molecule is O=C(O)[C@@H]1CN(C(=O)CC(c2ccccc2)c2ccccc2)CCO1. The Hall–Kier alpha value is -2.66. The van der Waals surface area contributed by atoms with Gasteiger partial charge in [-0.15, -0.1) is 0 Å². The molecule has 1 saturated heterocycles. The highest BCUT2D eigenvalue weighted by atomic mass is 16.5. The molecule has 0 aliphatic carbocycles. The summed E-state index contributed by atoms with van der Waals surface area (Å²) in [6.07, 6.45) is -0.634. The van der Waals surface area contributed by atoms with Gasteiger partial charge in [0.15, 0.2) is 6.10 Å². The van der Waals surface area contributed by atoms with Crippen molar-refractivity contribution in [2.75, 3.05) is 19.7 Å². The van der Waals surface area contributed by atoms with Gasteiger partial charge in [0.25, 0.3) is 0 Å². The number of carbonyl (C=O) groups excluding carboxylic acids is 1. The second kappa shape index (κ2) is 7.94. The topological polar surface area (TPSA) is 66.8 Å². The van der Waals surface area contributed by atoms with Gasteiger partial charge in [-0.05, 0) is 11.1 Å². The zero-order valence-corrected chi connectivity index (χ0v) is 13.9. The van der Waals surface area contributed by atoms with E-state index in [-0.39, 0.29) is 25.0 Å². The quantitative estimate of drug-likeness (QED) is 0.909. The maximum Gasteiger partial charge on any atom is 0.334 e. The molecule has 0 saturated carbocycles. The van der Waals surface area contributed by atoms with E-state index in [1.807, 2.05) is 60.7 Å². The first kappa shape index (κ1) is 17.2. The van der Waals surface area contributed by atoms with Gasteiger partial charge >= 0.3 is 5.97 Å².